The smallest absolute Gasteiger partial charge is 0.306 e. The summed E-state index contributed by atoms with van der Waals surface area (Å²) in [5.74, 6) is -0.0794. The maximum Gasteiger partial charge on any atom is 0.306 e. The molecule has 74 valence electrons. The zero-order valence-electron chi connectivity index (χ0n) is 8.34. The van der Waals surface area contributed by atoms with Gasteiger partial charge in [0, 0.05) is 6.42 Å². The second-order valence-electron chi connectivity index (χ2n) is 3.96. The maximum atomic E-state index is 11.3. The molecule has 2 heteroatoms. The molecule has 0 aromatic rings. The maximum absolute atomic E-state index is 11.3. The third-order valence-corrected chi connectivity index (χ3v) is 2.57. The predicted octanol–water partition coefficient (Wildman–Crippen LogP) is 2.83. The molecule has 0 unspecified atom stereocenters. The minimum Gasteiger partial charge on any atom is -0.459 e. The first-order chi connectivity index (χ1) is 6.16. The SMILES string of the molecule is C=CCCC(=O)OC1(C)CCCC1. The van der Waals surface area contributed by atoms with Gasteiger partial charge < -0.3 is 4.74 Å². The van der Waals surface area contributed by atoms with Gasteiger partial charge in [-0.2, -0.15) is 0 Å². The van der Waals surface area contributed by atoms with Crippen LogP contribution in [0.3, 0.4) is 0 Å². The zero-order chi connectivity index (χ0) is 9.73. The number of carbonyl (C=O) groups excluding carboxylic acids is 1. The van der Waals surface area contributed by atoms with Gasteiger partial charge in [-0.25, -0.2) is 0 Å². The van der Waals surface area contributed by atoms with E-state index < -0.39 is 0 Å². The number of ether oxygens (including phenoxy) is 1. The van der Waals surface area contributed by atoms with E-state index in [-0.39, 0.29) is 11.6 Å². The van der Waals surface area contributed by atoms with Gasteiger partial charge in [0.1, 0.15) is 5.60 Å². The number of carbonyl (C=O) groups is 1. The molecule has 0 aliphatic heterocycles. The van der Waals surface area contributed by atoms with E-state index in [2.05, 4.69) is 6.58 Å². The Balaban J connectivity index is 2.29. The molecule has 1 aliphatic rings. The standard InChI is InChI=1S/C11H18O2/c1-3-4-7-10(12)13-11(2)8-5-6-9-11/h3H,1,4-9H2,2H3. The highest BCUT2D eigenvalue weighted by Crippen LogP contribution is 2.32. The lowest BCUT2D eigenvalue weighted by Gasteiger charge is -2.23. The molecule has 0 aromatic carbocycles. The first kappa shape index (κ1) is 10.3. The fourth-order valence-corrected chi connectivity index (χ4v) is 1.77. The third-order valence-electron chi connectivity index (χ3n) is 2.57. The Morgan fingerprint density at radius 2 is 2.15 bits per heavy atom. The molecule has 0 amide bonds. The Morgan fingerprint density at radius 3 is 2.69 bits per heavy atom. The van der Waals surface area contributed by atoms with Crippen LogP contribution in [-0.4, -0.2) is 11.6 Å². The summed E-state index contributed by atoms with van der Waals surface area (Å²) in [5.41, 5.74) is -0.168. The molecule has 0 heterocycles. The number of allylic oxidation sites excluding steroid dienone is 1. The van der Waals surface area contributed by atoms with Crippen LogP contribution in [0, 0.1) is 0 Å². The highest BCUT2D eigenvalue weighted by molar-refractivity contribution is 5.70. The van der Waals surface area contributed by atoms with Crippen LogP contribution in [0.15, 0.2) is 12.7 Å². The lowest BCUT2D eigenvalue weighted by atomic mass is 10.1. The van der Waals surface area contributed by atoms with Gasteiger partial charge in [-0.05, 0) is 39.0 Å². The molecular formula is C11H18O2. The van der Waals surface area contributed by atoms with E-state index in [0.717, 1.165) is 19.3 Å². The van der Waals surface area contributed by atoms with E-state index in [1.807, 2.05) is 6.92 Å². The van der Waals surface area contributed by atoms with Crippen LogP contribution in [0.5, 0.6) is 0 Å². The monoisotopic (exact) mass is 182 g/mol. The minimum atomic E-state index is -0.168. The predicted molar refractivity (Wildman–Crippen MR) is 52.4 cm³/mol. The second kappa shape index (κ2) is 4.45. The molecule has 0 spiro atoms. The quantitative estimate of drug-likeness (QED) is 0.493. The average Bonchev–Trinajstić information content (AvgIpc) is 2.48. The van der Waals surface area contributed by atoms with Gasteiger partial charge in [0.05, 0.1) is 0 Å². The van der Waals surface area contributed by atoms with Crippen LogP contribution in [0.2, 0.25) is 0 Å². The lowest BCUT2D eigenvalue weighted by Crippen LogP contribution is -2.27. The van der Waals surface area contributed by atoms with Crippen LogP contribution >= 0.6 is 0 Å². The number of esters is 1. The number of hydrogen-bond acceptors (Lipinski definition) is 2. The summed E-state index contributed by atoms with van der Waals surface area (Å²) in [6.07, 6.45) is 7.35. The first-order valence-electron chi connectivity index (χ1n) is 4.99. The average molecular weight is 182 g/mol. The lowest BCUT2D eigenvalue weighted by molar-refractivity contribution is -0.157. The van der Waals surface area contributed by atoms with Crippen LogP contribution in [-0.2, 0) is 9.53 Å². The van der Waals surface area contributed by atoms with Crippen LogP contribution in [0.4, 0.5) is 0 Å². The summed E-state index contributed by atoms with van der Waals surface area (Å²) in [7, 11) is 0. The summed E-state index contributed by atoms with van der Waals surface area (Å²) in [6, 6.07) is 0. The third kappa shape index (κ3) is 3.21. The zero-order valence-corrected chi connectivity index (χ0v) is 8.34. The van der Waals surface area contributed by atoms with Gasteiger partial charge in [-0.3, -0.25) is 4.79 Å². The summed E-state index contributed by atoms with van der Waals surface area (Å²) in [4.78, 5) is 11.3. The molecule has 1 aliphatic carbocycles. The van der Waals surface area contributed by atoms with E-state index >= 15 is 0 Å². The van der Waals surface area contributed by atoms with Gasteiger partial charge in [0.25, 0.3) is 0 Å². The normalized spacial score (nSPS) is 19.8. The van der Waals surface area contributed by atoms with Crippen molar-refractivity contribution < 1.29 is 9.53 Å². The van der Waals surface area contributed by atoms with E-state index in [1.165, 1.54) is 12.8 Å². The molecule has 2 nitrogen and oxygen atoms in total. The van der Waals surface area contributed by atoms with Crippen molar-refractivity contribution >= 4 is 5.97 Å². The Labute approximate surface area is 80.0 Å². The highest BCUT2D eigenvalue weighted by atomic mass is 16.6. The molecular weight excluding hydrogens is 164 g/mol. The molecule has 0 atom stereocenters. The van der Waals surface area contributed by atoms with Gasteiger partial charge in [-0.1, -0.05) is 6.08 Å². The van der Waals surface area contributed by atoms with Gasteiger partial charge in [-0.15, -0.1) is 6.58 Å². The van der Waals surface area contributed by atoms with E-state index in [1.54, 1.807) is 6.08 Å². The summed E-state index contributed by atoms with van der Waals surface area (Å²) >= 11 is 0. The van der Waals surface area contributed by atoms with Crippen molar-refractivity contribution in [3.05, 3.63) is 12.7 Å². The van der Waals surface area contributed by atoms with Crippen molar-refractivity contribution in [1.29, 1.82) is 0 Å². The van der Waals surface area contributed by atoms with E-state index in [4.69, 9.17) is 4.74 Å². The van der Waals surface area contributed by atoms with Crippen molar-refractivity contribution in [3.8, 4) is 0 Å². The van der Waals surface area contributed by atoms with Crippen molar-refractivity contribution in [2.75, 3.05) is 0 Å². The molecule has 0 bridgehead atoms. The van der Waals surface area contributed by atoms with Crippen molar-refractivity contribution in [2.24, 2.45) is 0 Å². The molecule has 0 aromatic heterocycles. The first-order valence-corrected chi connectivity index (χ1v) is 4.99. The van der Waals surface area contributed by atoms with Crippen molar-refractivity contribution in [3.63, 3.8) is 0 Å². The summed E-state index contributed by atoms with van der Waals surface area (Å²) < 4.78 is 5.41. The van der Waals surface area contributed by atoms with Crippen LogP contribution in [0.25, 0.3) is 0 Å². The molecule has 0 saturated heterocycles. The second-order valence-corrected chi connectivity index (χ2v) is 3.96. The van der Waals surface area contributed by atoms with E-state index in [9.17, 15) is 4.79 Å². The van der Waals surface area contributed by atoms with Crippen molar-refractivity contribution in [1.82, 2.24) is 0 Å². The Hall–Kier alpha value is -0.790. The van der Waals surface area contributed by atoms with E-state index in [0.29, 0.717) is 6.42 Å². The topological polar surface area (TPSA) is 26.3 Å². The Morgan fingerprint density at radius 1 is 1.54 bits per heavy atom. The Kier molecular flexibility index (Phi) is 3.52. The minimum absolute atomic E-state index is 0.0794. The van der Waals surface area contributed by atoms with Gasteiger partial charge >= 0.3 is 5.97 Å². The molecule has 1 saturated carbocycles. The van der Waals surface area contributed by atoms with Crippen molar-refractivity contribution in [2.45, 2.75) is 51.0 Å². The Bertz CT molecular complexity index is 190. The van der Waals surface area contributed by atoms with Crippen LogP contribution in [0.1, 0.15) is 45.4 Å². The molecule has 1 fully saturated rings. The number of hydrogen-bond donors (Lipinski definition) is 0. The van der Waals surface area contributed by atoms with Gasteiger partial charge in [0.2, 0.25) is 0 Å². The molecule has 0 radical (unpaired) electrons. The van der Waals surface area contributed by atoms with Crippen LogP contribution < -0.4 is 0 Å². The fourth-order valence-electron chi connectivity index (χ4n) is 1.77. The summed E-state index contributed by atoms with van der Waals surface area (Å²) in [5, 5.41) is 0. The molecule has 1 rings (SSSR count). The molecule has 0 N–H and O–H groups in total. The van der Waals surface area contributed by atoms with Gasteiger partial charge in [0.15, 0.2) is 0 Å². The summed E-state index contributed by atoms with van der Waals surface area (Å²) in [6.45, 7) is 5.61. The largest absolute Gasteiger partial charge is 0.459 e. The molecule has 13 heavy (non-hydrogen) atoms. The number of rotatable bonds is 4. The highest BCUT2D eigenvalue weighted by Gasteiger charge is 2.32. The fraction of sp³-hybridized carbons (Fsp3) is 0.727.